The van der Waals surface area contributed by atoms with E-state index in [9.17, 15) is 15.3 Å². The van der Waals surface area contributed by atoms with Crippen molar-refractivity contribution in [1.29, 1.82) is 0 Å². The number of likely N-dealkylation sites (N-methyl/N-ethyl adjacent to an activating group) is 1. The number of nitrogens with zero attached hydrogens (tertiary/aromatic N) is 3. The molecule has 2 aliphatic rings. The van der Waals surface area contributed by atoms with Crippen LogP contribution in [0.1, 0.15) is 35.2 Å². The molecule has 1 fully saturated rings. The van der Waals surface area contributed by atoms with Crippen molar-refractivity contribution in [1.82, 2.24) is 9.78 Å². The summed E-state index contributed by atoms with van der Waals surface area (Å²) in [5.74, 6) is -1.13. The molecular weight excluding hydrogens is 474 g/mol. The van der Waals surface area contributed by atoms with Crippen molar-refractivity contribution >= 4 is 5.69 Å². The molecular formula is C32H33N3O3. The summed E-state index contributed by atoms with van der Waals surface area (Å²) in [7, 11) is 2.05. The normalized spacial score (nSPS) is 27.4. The predicted molar refractivity (Wildman–Crippen MR) is 149 cm³/mol. The lowest BCUT2D eigenvalue weighted by Crippen LogP contribution is -2.53. The van der Waals surface area contributed by atoms with Crippen LogP contribution in [0.4, 0.5) is 5.69 Å². The van der Waals surface area contributed by atoms with Crippen LogP contribution < -0.4 is 4.90 Å². The fourth-order valence-corrected chi connectivity index (χ4v) is 6.48. The first-order chi connectivity index (χ1) is 18.3. The van der Waals surface area contributed by atoms with Crippen LogP contribution in [0, 0.1) is 12.8 Å². The van der Waals surface area contributed by atoms with Crippen molar-refractivity contribution in [3.05, 3.63) is 119 Å². The molecule has 1 aliphatic heterocycles. The number of anilines is 1. The minimum Gasteiger partial charge on any atom is -0.493 e. The van der Waals surface area contributed by atoms with E-state index in [0.717, 1.165) is 23.5 Å². The van der Waals surface area contributed by atoms with Crippen molar-refractivity contribution in [2.45, 2.75) is 43.8 Å². The largest absolute Gasteiger partial charge is 0.493 e. The first-order valence-corrected chi connectivity index (χ1v) is 13.1. The first kappa shape index (κ1) is 24.5. The molecule has 1 aromatic heterocycles. The van der Waals surface area contributed by atoms with Crippen molar-refractivity contribution < 1.29 is 15.3 Å². The molecule has 3 N–H and O–H groups in total. The molecule has 1 aliphatic carbocycles. The van der Waals surface area contributed by atoms with Crippen molar-refractivity contribution in [3.63, 3.8) is 0 Å². The Hall–Kier alpha value is -3.87. The minimum absolute atomic E-state index is 0.0396. The van der Waals surface area contributed by atoms with E-state index in [0.29, 0.717) is 11.3 Å². The number of benzene rings is 3. The maximum Gasteiger partial charge on any atom is 0.218 e. The van der Waals surface area contributed by atoms with Crippen LogP contribution in [0.15, 0.2) is 96.7 Å². The van der Waals surface area contributed by atoms with Crippen molar-refractivity contribution in [2.24, 2.45) is 5.92 Å². The Balaban J connectivity index is 1.35. The molecule has 6 heteroatoms. The van der Waals surface area contributed by atoms with Crippen LogP contribution >= 0.6 is 0 Å². The molecule has 3 unspecified atom stereocenters. The van der Waals surface area contributed by atoms with E-state index in [1.807, 2.05) is 48.5 Å². The summed E-state index contributed by atoms with van der Waals surface area (Å²) in [6.45, 7) is 4.04. The summed E-state index contributed by atoms with van der Waals surface area (Å²) < 4.78 is 1.47. The molecule has 0 amide bonds. The van der Waals surface area contributed by atoms with E-state index in [-0.39, 0.29) is 11.3 Å². The van der Waals surface area contributed by atoms with Gasteiger partial charge < -0.3 is 20.2 Å². The molecule has 1 saturated carbocycles. The zero-order chi connectivity index (χ0) is 26.6. The Morgan fingerprint density at radius 2 is 1.50 bits per heavy atom. The Kier molecular flexibility index (Phi) is 5.89. The Bertz CT molecular complexity index is 1490. The van der Waals surface area contributed by atoms with Crippen molar-refractivity contribution in [3.8, 4) is 11.6 Å². The highest BCUT2D eigenvalue weighted by molar-refractivity contribution is 5.70. The molecule has 0 spiro atoms. The molecule has 6 nitrogen and oxygen atoms in total. The number of para-hydroxylation sites is 2. The summed E-state index contributed by atoms with van der Waals surface area (Å²) in [6, 6.07) is 28.2. The zero-order valence-corrected chi connectivity index (χ0v) is 21.9. The summed E-state index contributed by atoms with van der Waals surface area (Å²) >= 11 is 0. The van der Waals surface area contributed by atoms with Gasteiger partial charge in [0, 0.05) is 41.2 Å². The second-order valence-electron chi connectivity index (χ2n) is 10.8. The summed E-state index contributed by atoms with van der Waals surface area (Å²) in [5.41, 5.74) is 6.15. The van der Waals surface area contributed by atoms with Crippen molar-refractivity contribution in [2.75, 3.05) is 11.9 Å². The van der Waals surface area contributed by atoms with Gasteiger partial charge in [0.15, 0.2) is 0 Å². The SMILES string of the molecule is Cc1nn(-c2ccccc2)c(O)c1C1C(O)C(/C=C2/N(C)c3ccccc3C2(C)Cc2ccccc2)C1O. The second kappa shape index (κ2) is 9.15. The summed E-state index contributed by atoms with van der Waals surface area (Å²) in [6.07, 6.45) is 1.14. The van der Waals surface area contributed by atoms with E-state index in [1.54, 1.807) is 6.92 Å². The van der Waals surface area contributed by atoms with Gasteiger partial charge in [0.2, 0.25) is 5.88 Å². The Labute approximate surface area is 223 Å². The molecule has 0 saturated heterocycles. The van der Waals surface area contributed by atoms with Gasteiger partial charge in [0.1, 0.15) is 0 Å². The minimum atomic E-state index is -0.853. The highest BCUT2D eigenvalue weighted by Gasteiger charge is 2.53. The van der Waals surface area contributed by atoms with Gasteiger partial charge in [-0.05, 0) is 49.6 Å². The number of hydrogen-bond acceptors (Lipinski definition) is 5. The number of aliphatic hydroxyl groups excluding tert-OH is 2. The quantitative estimate of drug-likeness (QED) is 0.360. The van der Waals surface area contributed by atoms with E-state index in [4.69, 9.17) is 0 Å². The van der Waals surface area contributed by atoms with Gasteiger partial charge in [-0.15, -0.1) is 0 Å². The molecule has 3 aromatic carbocycles. The predicted octanol–water partition coefficient (Wildman–Crippen LogP) is 4.86. The van der Waals surface area contributed by atoms with Gasteiger partial charge in [0.05, 0.1) is 23.6 Å². The average molecular weight is 508 g/mol. The maximum absolute atomic E-state index is 11.4. The Morgan fingerprint density at radius 3 is 2.18 bits per heavy atom. The van der Waals surface area contributed by atoms with Crippen LogP contribution in [0.5, 0.6) is 5.88 Å². The third-order valence-corrected chi connectivity index (χ3v) is 8.48. The van der Waals surface area contributed by atoms with Gasteiger partial charge in [-0.3, -0.25) is 0 Å². The first-order valence-electron chi connectivity index (χ1n) is 13.1. The smallest absolute Gasteiger partial charge is 0.218 e. The third-order valence-electron chi connectivity index (χ3n) is 8.48. The molecule has 6 rings (SSSR count). The lowest BCUT2D eigenvalue weighted by molar-refractivity contribution is -0.0955. The monoisotopic (exact) mass is 507 g/mol. The highest BCUT2D eigenvalue weighted by atomic mass is 16.3. The van der Waals surface area contributed by atoms with Crippen LogP contribution in [-0.4, -0.2) is 44.4 Å². The van der Waals surface area contributed by atoms with E-state index in [2.05, 4.69) is 66.4 Å². The van der Waals surface area contributed by atoms with Gasteiger partial charge in [-0.1, -0.05) is 72.8 Å². The number of rotatable bonds is 5. The van der Waals surface area contributed by atoms with Gasteiger partial charge >= 0.3 is 0 Å². The van der Waals surface area contributed by atoms with Gasteiger partial charge in [0.25, 0.3) is 0 Å². The van der Waals surface area contributed by atoms with Gasteiger partial charge in [-0.25, -0.2) is 4.68 Å². The van der Waals surface area contributed by atoms with Gasteiger partial charge in [-0.2, -0.15) is 5.10 Å². The summed E-state index contributed by atoms with van der Waals surface area (Å²) in [4.78, 5) is 2.18. The number of aromatic hydroxyl groups is 1. The van der Waals surface area contributed by atoms with Crippen LogP contribution in [0.25, 0.3) is 5.69 Å². The van der Waals surface area contributed by atoms with E-state index < -0.39 is 24.0 Å². The standard InChI is InChI=1S/C32H33N3O3/c1-20-27(31(38)35(33-20)22-14-8-5-9-15-22)28-29(36)23(30(28)37)18-26-32(2,19-21-12-6-4-7-13-21)24-16-10-11-17-25(24)34(26)3/h4-18,23,28-30,36-38H,19H2,1-3H3/b26-18+. The van der Waals surface area contributed by atoms with Crippen LogP contribution in [0.2, 0.25) is 0 Å². The fraction of sp³-hybridized carbons (Fsp3) is 0.281. The molecule has 4 aromatic rings. The number of fused-ring (bicyclic) bond motifs is 1. The number of aromatic nitrogens is 2. The van der Waals surface area contributed by atoms with Crippen LogP contribution in [0.3, 0.4) is 0 Å². The number of allylic oxidation sites excluding steroid dienone is 1. The molecule has 0 radical (unpaired) electrons. The van der Waals surface area contributed by atoms with E-state index >= 15 is 0 Å². The molecule has 194 valence electrons. The maximum atomic E-state index is 11.4. The second-order valence-corrected chi connectivity index (χ2v) is 10.8. The van der Waals surface area contributed by atoms with Crippen LogP contribution in [-0.2, 0) is 11.8 Å². The topological polar surface area (TPSA) is 81.8 Å². The molecule has 3 atom stereocenters. The summed E-state index contributed by atoms with van der Waals surface area (Å²) in [5, 5.41) is 38.3. The molecule has 2 heterocycles. The average Bonchev–Trinajstić information content (AvgIpc) is 3.33. The Morgan fingerprint density at radius 1 is 0.895 bits per heavy atom. The fourth-order valence-electron chi connectivity index (χ4n) is 6.48. The number of aryl methyl sites for hydroxylation is 1. The highest BCUT2D eigenvalue weighted by Crippen LogP contribution is 2.53. The lowest BCUT2D eigenvalue weighted by atomic mass is 9.64. The zero-order valence-electron chi connectivity index (χ0n) is 21.9. The third kappa shape index (κ3) is 3.67. The lowest BCUT2D eigenvalue weighted by Gasteiger charge is -2.46. The molecule has 38 heavy (non-hydrogen) atoms. The number of aliphatic hydroxyl groups is 2. The van der Waals surface area contributed by atoms with E-state index in [1.165, 1.54) is 15.8 Å². The molecule has 0 bridgehead atoms. The number of hydrogen-bond donors (Lipinski definition) is 3.